The van der Waals surface area contributed by atoms with Gasteiger partial charge in [0.15, 0.2) is 5.82 Å². The van der Waals surface area contributed by atoms with E-state index in [1.807, 2.05) is 30.3 Å². The van der Waals surface area contributed by atoms with Gasteiger partial charge in [-0.05, 0) is 32.3 Å². The molecule has 2 aromatic carbocycles. The van der Waals surface area contributed by atoms with Crippen LogP contribution >= 0.6 is 0 Å². The lowest BCUT2D eigenvalue weighted by Crippen LogP contribution is -2.19. The molecule has 2 heterocycles. The summed E-state index contributed by atoms with van der Waals surface area (Å²) in [5.41, 5.74) is 4.10. The van der Waals surface area contributed by atoms with Crippen molar-refractivity contribution in [3.8, 4) is 11.5 Å². The Labute approximate surface area is 123 Å². The fraction of sp³-hybridized carbons (Fsp3) is 0.176. The van der Waals surface area contributed by atoms with Gasteiger partial charge in [0.25, 0.3) is 0 Å². The van der Waals surface area contributed by atoms with E-state index in [1.54, 1.807) is 0 Å². The molecule has 0 bridgehead atoms. The normalized spacial score (nSPS) is 12.0. The first kappa shape index (κ1) is 12.3. The molecule has 4 heteroatoms. The molecule has 0 atom stereocenters. The average Bonchev–Trinajstić information content (AvgIpc) is 2.85. The van der Waals surface area contributed by atoms with Crippen molar-refractivity contribution in [2.75, 3.05) is 14.1 Å². The molecule has 0 amide bonds. The lowest BCUT2D eigenvalue weighted by Gasteiger charge is -2.18. The number of fused-ring (bicyclic) bond motifs is 4. The number of hydrogen-bond donors (Lipinski definition) is 0. The van der Waals surface area contributed by atoms with Gasteiger partial charge < -0.3 is 4.57 Å². The lowest BCUT2D eigenvalue weighted by molar-refractivity contribution is 0.332. The highest BCUT2D eigenvalue weighted by molar-refractivity contribution is 5.97. The van der Waals surface area contributed by atoms with Crippen LogP contribution < -0.4 is 0 Å². The largest absolute Gasteiger partial charge is 0.309 e. The summed E-state index contributed by atoms with van der Waals surface area (Å²) in [7, 11) is 4.13. The van der Waals surface area contributed by atoms with E-state index in [-0.39, 0.29) is 0 Å². The minimum Gasteiger partial charge on any atom is -0.309 e. The van der Waals surface area contributed by atoms with Crippen LogP contribution in [0.15, 0.2) is 48.5 Å². The molecule has 0 unspecified atom stereocenters. The van der Waals surface area contributed by atoms with E-state index in [2.05, 4.69) is 41.8 Å². The molecule has 4 rings (SSSR count). The van der Waals surface area contributed by atoms with Crippen LogP contribution in [0.5, 0.6) is 0 Å². The molecular formula is C17H16N4. The molecule has 2 aromatic rings. The van der Waals surface area contributed by atoms with Gasteiger partial charge in [-0.15, -0.1) is 0 Å². The van der Waals surface area contributed by atoms with Crippen molar-refractivity contribution in [1.29, 1.82) is 0 Å². The average molecular weight is 276 g/mol. The second-order valence-electron chi connectivity index (χ2n) is 5.55. The van der Waals surface area contributed by atoms with Crippen molar-refractivity contribution in [3.05, 3.63) is 48.5 Å². The van der Waals surface area contributed by atoms with Crippen LogP contribution in [0.3, 0.4) is 0 Å². The van der Waals surface area contributed by atoms with Crippen LogP contribution in [0, 0.1) is 0 Å². The van der Waals surface area contributed by atoms with Crippen LogP contribution in [0.4, 0.5) is 0 Å². The number of para-hydroxylation sites is 3. The van der Waals surface area contributed by atoms with Gasteiger partial charge in [0, 0.05) is 5.39 Å². The Morgan fingerprint density at radius 3 is 2.43 bits per heavy atom. The molecule has 2 aliphatic heterocycles. The lowest BCUT2D eigenvalue weighted by atomic mass is 10.2. The second-order valence-corrected chi connectivity index (χ2v) is 5.55. The summed E-state index contributed by atoms with van der Waals surface area (Å²) in [6, 6.07) is 16.4. The molecule has 0 fully saturated rings. The standard InChI is InChI=1S/C17H16N4/c1-20(2)11-21-15-10-6-5-9-14(15)18-16-12-7-3-4-8-13(12)19-17(16)21/h3-10H,11H2,1-2H3. The van der Waals surface area contributed by atoms with Gasteiger partial charge in [-0.2, -0.15) is 0 Å². The zero-order chi connectivity index (χ0) is 14.4. The molecule has 0 radical (unpaired) electrons. The molecule has 2 aliphatic rings. The Morgan fingerprint density at radius 1 is 0.905 bits per heavy atom. The minimum absolute atomic E-state index is 0.781. The van der Waals surface area contributed by atoms with E-state index in [9.17, 15) is 0 Å². The fourth-order valence-corrected chi connectivity index (χ4v) is 2.80. The third-order valence-corrected chi connectivity index (χ3v) is 3.68. The van der Waals surface area contributed by atoms with E-state index in [0.717, 1.165) is 40.1 Å². The van der Waals surface area contributed by atoms with Crippen molar-refractivity contribution >= 4 is 21.9 Å². The molecule has 21 heavy (non-hydrogen) atoms. The maximum atomic E-state index is 4.83. The summed E-state index contributed by atoms with van der Waals surface area (Å²) in [5, 5.41) is 1.12. The summed E-state index contributed by atoms with van der Waals surface area (Å²) in [4.78, 5) is 11.8. The maximum Gasteiger partial charge on any atom is 0.161 e. The Kier molecular flexibility index (Phi) is 2.65. The fourth-order valence-electron chi connectivity index (χ4n) is 2.80. The van der Waals surface area contributed by atoms with Crippen LogP contribution in [-0.2, 0) is 6.67 Å². The van der Waals surface area contributed by atoms with E-state index >= 15 is 0 Å². The molecular weight excluding hydrogens is 260 g/mol. The Morgan fingerprint density at radius 2 is 1.62 bits per heavy atom. The van der Waals surface area contributed by atoms with Crippen molar-refractivity contribution in [2.45, 2.75) is 6.67 Å². The second kappa shape index (κ2) is 4.53. The minimum atomic E-state index is 0.781. The zero-order valence-electron chi connectivity index (χ0n) is 12.1. The molecule has 104 valence electrons. The number of benzene rings is 2. The third-order valence-electron chi connectivity index (χ3n) is 3.68. The molecule has 0 N–H and O–H groups in total. The monoisotopic (exact) mass is 276 g/mol. The van der Waals surface area contributed by atoms with Crippen LogP contribution in [0.2, 0.25) is 0 Å². The van der Waals surface area contributed by atoms with Gasteiger partial charge in [-0.25, -0.2) is 9.97 Å². The van der Waals surface area contributed by atoms with E-state index in [4.69, 9.17) is 9.97 Å². The highest BCUT2D eigenvalue weighted by Crippen LogP contribution is 2.32. The quantitative estimate of drug-likeness (QED) is 0.564. The van der Waals surface area contributed by atoms with Crippen molar-refractivity contribution in [1.82, 2.24) is 19.4 Å². The van der Waals surface area contributed by atoms with E-state index in [0.29, 0.717) is 0 Å². The van der Waals surface area contributed by atoms with Crippen LogP contribution in [-0.4, -0.2) is 33.5 Å². The number of aromatic nitrogens is 3. The summed E-state index contributed by atoms with van der Waals surface area (Å²) in [6.07, 6.45) is 0. The smallest absolute Gasteiger partial charge is 0.161 e. The van der Waals surface area contributed by atoms with Gasteiger partial charge in [0.2, 0.25) is 0 Å². The zero-order valence-corrected chi connectivity index (χ0v) is 12.1. The predicted octanol–water partition coefficient (Wildman–Crippen LogP) is 3.21. The molecule has 0 saturated heterocycles. The van der Waals surface area contributed by atoms with Crippen molar-refractivity contribution in [2.24, 2.45) is 0 Å². The Balaban J connectivity index is 2.16. The van der Waals surface area contributed by atoms with E-state index in [1.165, 1.54) is 0 Å². The van der Waals surface area contributed by atoms with Gasteiger partial charge in [0.05, 0.1) is 23.2 Å². The van der Waals surface area contributed by atoms with Gasteiger partial charge in [-0.1, -0.05) is 30.3 Å². The van der Waals surface area contributed by atoms with Gasteiger partial charge >= 0.3 is 0 Å². The number of hydrogen-bond acceptors (Lipinski definition) is 3. The number of rotatable bonds is 2. The first-order valence-corrected chi connectivity index (χ1v) is 7.02. The molecule has 0 aliphatic carbocycles. The number of nitrogens with zero attached hydrogens (tertiary/aromatic N) is 4. The first-order chi connectivity index (χ1) is 10.2. The summed E-state index contributed by atoms with van der Waals surface area (Å²) in [5.74, 6) is 0.948. The SMILES string of the molecule is CN(C)Cn1c2nc3ccccc3c-2nc2ccccc21. The Hall–Kier alpha value is -2.46. The molecule has 0 spiro atoms. The predicted molar refractivity (Wildman–Crippen MR) is 85.3 cm³/mol. The highest BCUT2D eigenvalue weighted by Gasteiger charge is 2.19. The van der Waals surface area contributed by atoms with Crippen LogP contribution in [0.25, 0.3) is 33.5 Å². The summed E-state index contributed by atoms with van der Waals surface area (Å²) < 4.78 is 2.23. The van der Waals surface area contributed by atoms with Crippen LogP contribution in [0.1, 0.15) is 0 Å². The maximum absolute atomic E-state index is 4.83. The molecule has 0 saturated carbocycles. The van der Waals surface area contributed by atoms with Crippen molar-refractivity contribution in [3.63, 3.8) is 0 Å². The first-order valence-electron chi connectivity index (χ1n) is 7.02. The van der Waals surface area contributed by atoms with Crippen molar-refractivity contribution < 1.29 is 0 Å². The van der Waals surface area contributed by atoms with E-state index < -0.39 is 0 Å². The third kappa shape index (κ3) is 1.87. The topological polar surface area (TPSA) is 34.0 Å². The molecule has 4 nitrogen and oxygen atoms in total. The molecule has 0 aromatic heterocycles. The highest BCUT2D eigenvalue weighted by atomic mass is 15.2. The summed E-state index contributed by atoms with van der Waals surface area (Å²) >= 11 is 0. The van der Waals surface area contributed by atoms with Gasteiger partial charge in [0.1, 0.15) is 5.69 Å². The summed E-state index contributed by atoms with van der Waals surface area (Å²) in [6.45, 7) is 0.781. The Bertz CT molecular complexity index is 907. The van der Waals surface area contributed by atoms with Gasteiger partial charge in [-0.3, -0.25) is 4.90 Å².